The molecular formula is C23H20F3N3O3S. The predicted octanol–water partition coefficient (Wildman–Crippen LogP) is 4.36. The highest BCUT2D eigenvalue weighted by molar-refractivity contribution is 7.92. The highest BCUT2D eigenvalue weighted by atomic mass is 32.2. The Morgan fingerprint density at radius 1 is 1.00 bits per heavy atom. The SMILES string of the molecule is Cc1cccc(N(CC(=O)N/N=C\c2cccc(C(F)(F)F)c2)S(=O)(=O)c2ccccc2)c1. The normalized spacial score (nSPS) is 12.0. The topological polar surface area (TPSA) is 78.8 Å². The molecular weight excluding hydrogens is 455 g/mol. The number of halogens is 3. The number of carbonyl (C=O) groups excluding carboxylic acids is 1. The summed E-state index contributed by atoms with van der Waals surface area (Å²) in [5.74, 6) is -0.765. The molecule has 6 nitrogen and oxygen atoms in total. The summed E-state index contributed by atoms with van der Waals surface area (Å²) >= 11 is 0. The standard InChI is InChI=1S/C23H20F3N3O3S/c1-17-7-5-10-20(13-17)29(33(31,32)21-11-3-2-4-12-21)16-22(30)28-27-15-18-8-6-9-19(14-18)23(24,25)26/h2-15H,16H2,1H3,(H,28,30)/b27-15-. The molecule has 0 aliphatic rings. The lowest BCUT2D eigenvalue weighted by Gasteiger charge is -2.24. The van der Waals surface area contributed by atoms with Crippen LogP contribution in [0.25, 0.3) is 0 Å². The second-order valence-corrected chi connectivity index (χ2v) is 8.94. The van der Waals surface area contributed by atoms with Crippen molar-refractivity contribution in [2.24, 2.45) is 5.10 Å². The van der Waals surface area contributed by atoms with Gasteiger partial charge in [-0.2, -0.15) is 18.3 Å². The van der Waals surface area contributed by atoms with Gasteiger partial charge in [-0.1, -0.05) is 42.5 Å². The minimum absolute atomic E-state index is 0.00627. The Balaban J connectivity index is 1.81. The molecule has 0 aliphatic heterocycles. The summed E-state index contributed by atoms with van der Waals surface area (Å²) in [5.41, 5.74) is 2.53. The van der Waals surface area contributed by atoms with Crippen LogP contribution >= 0.6 is 0 Å². The first kappa shape index (κ1) is 24.0. The van der Waals surface area contributed by atoms with Crippen molar-refractivity contribution in [1.29, 1.82) is 0 Å². The van der Waals surface area contributed by atoms with Crippen molar-refractivity contribution in [3.05, 3.63) is 95.6 Å². The molecule has 1 N–H and O–H groups in total. The van der Waals surface area contributed by atoms with E-state index in [1.165, 1.54) is 24.3 Å². The number of hydrogen-bond acceptors (Lipinski definition) is 4. The highest BCUT2D eigenvalue weighted by Gasteiger charge is 2.30. The molecule has 3 rings (SSSR count). The van der Waals surface area contributed by atoms with E-state index in [0.717, 1.165) is 28.2 Å². The van der Waals surface area contributed by atoms with Crippen molar-refractivity contribution >= 4 is 27.8 Å². The number of nitrogens with zero attached hydrogens (tertiary/aromatic N) is 2. The largest absolute Gasteiger partial charge is 0.416 e. The van der Waals surface area contributed by atoms with Crippen molar-refractivity contribution in [2.45, 2.75) is 18.0 Å². The van der Waals surface area contributed by atoms with Crippen LogP contribution in [0.2, 0.25) is 0 Å². The number of aryl methyl sites for hydroxylation is 1. The van der Waals surface area contributed by atoms with Gasteiger partial charge in [0.05, 0.1) is 22.4 Å². The summed E-state index contributed by atoms with van der Waals surface area (Å²) in [7, 11) is -4.07. The second kappa shape index (κ2) is 9.86. The molecule has 0 saturated carbocycles. The first-order chi connectivity index (χ1) is 15.6. The lowest BCUT2D eigenvalue weighted by molar-refractivity contribution is -0.137. The number of benzene rings is 3. The Hall–Kier alpha value is -3.66. The number of hydrogen-bond donors (Lipinski definition) is 1. The summed E-state index contributed by atoms with van der Waals surface area (Å²) in [5, 5.41) is 3.67. The van der Waals surface area contributed by atoms with Gasteiger partial charge in [-0.15, -0.1) is 0 Å². The van der Waals surface area contributed by atoms with E-state index in [2.05, 4.69) is 10.5 Å². The number of hydrazone groups is 1. The van der Waals surface area contributed by atoms with Crippen LogP contribution in [0.3, 0.4) is 0 Å². The summed E-state index contributed by atoms with van der Waals surface area (Å²) in [4.78, 5) is 12.5. The van der Waals surface area contributed by atoms with Gasteiger partial charge in [0.2, 0.25) is 0 Å². The van der Waals surface area contributed by atoms with Gasteiger partial charge in [-0.3, -0.25) is 9.10 Å². The molecule has 0 bridgehead atoms. The van der Waals surface area contributed by atoms with Crippen molar-refractivity contribution in [3.8, 4) is 0 Å². The van der Waals surface area contributed by atoms with E-state index in [0.29, 0.717) is 0 Å². The van der Waals surface area contributed by atoms with Gasteiger partial charge in [0.1, 0.15) is 6.54 Å². The molecule has 33 heavy (non-hydrogen) atoms. The molecule has 1 amide bonds. The van der Waals surface area contributed by atoms with Crippen molar-refractivity contribution in [3.63, 3.8) is 0 Å². The Morgan fingerprint density at radius 3 is 2.36 bits per heavy atom. The minimum Gasteiger partial charge on any atom is -0.271 e. The van der Waals surface area contributed by atoms with Crippen LogP contribution in [0.1, 0.15) is 16.7 Å². The number of alkyl halides is 3. The fourth-order valence-electron chi connectivity index (χ4n) is 2.96. The van der Waals surface area contributed by atoms with E-state index in [1.54, 1.807) is 49.4 Å². The smallest absolute Gasteiger partial charge is 0.271 e. The summed E-state index contributed by atoms with van der Waals surface area (Å²) in [6.07, 6.45) is -3.46. The van der Waals surface area contributed by atoms with Crippen LogP contribution in [0.15, 0.2) is 88.9 Å². The van der Waals surface area contributed by atoms with Gasteiger partial charge >= 0.3 is 6.18 Å². The quantitative estimate of drug-likeness (QED) is 0.407. The average Bonchev–Trinajstić information content (AvgIpc) is 2.77. The fourth-order valence-corrected chi connectivity index (χ4v) is 4.39. The Morgan fingerprint density at radius 2 is 1.70 bits per heavy atom. The third kappa shape index (κ3) is 6.19. The number of anilines is 1. The number of amides is 1. The zero-order valence-electron chi connectivity index (χ0n) is 17.5. The molecule has 0 fully saturated rings. The lowest BCUT2D eigenvalue weighted by atomic mass is 10.1. The summed E-state index contributed by atoms with van der Waals surface area (Å²) in [6.45, 7) is 1.21. The maximum atomic E-state index is 13.2. The second-order valence-electron chi connectivity index (χ2n) is 7.08. The van der Waals surface area contributed by atoms with Crippen LogP contribution in [0.5, 0.6) is 0 Å². The molecule has 0 radical (unpaired) electrons. The van der Waals surface area contributed by atoms with Gasteiger partial charge in [0, 0.05) is 0 Å². The molecule has 0 spiro atoms. The minimum atomic E-state index is -4.51. The van der Waals surface area contributed by atoms with Crippen molar-refractivity contribution in [2.75, 3.05) is 10.8 Å². The summed E-state index contributed by atoms with van der Waals surface area (Å²) in [6, 6.07) is 18.7. The number of carbonyl (C=O) groups is 1. The molecule has 0 heterocycles. The molecule has 172 valence electrons. The van der Waals surface area contributed by atoms with Gasteiger partial charge < -0.3 is 0 Å². The first-order valence-corrected chi connectivity index (χ1v) is 11.1. The number of sulfonamides is 1. The monoisotopic (exact) mass is 475 g/mol. The van der Waals surface area contributed by atoms with E-state index < -0.39 is 34.2 Å². The molecule has 0 atom stereocenters. The number of rotatable bonds is 7. The Kier molecular flexibility index (Phi) is 7.17. The zero-order valence-corrected chi connectivity index (χ0v) is 18.3. The fraction of sp³-hybridized carbons (Fsp3) is 0.130. The van der Waals surface area contributed by atoms with Crippen LogP contribution in [-0.2, 0) is 21.0 Å². The van der Waals surface area contributed by atoms with Crippen LogP contribution < -0.4 is 9.73 Å². The van der Waals surface area contributed by atoms with Crippen molar-refractivity contribution < 1.29 is 26.4 Å². The van der Waals surface area contributed by atoms with E-state index in [1.807, 2.05) is 0 Å². The maximum Gasteiger partial charge on any atom is 0.416 e. The third-order valence-corrected chi connectivity index (χ3v) is 6.31. The van der Waals surface area contributed by atoms with E-state index in [4.69, 9.17) is 0 Å². The van der Waals surface area contributed by atoms with Crippen LogP contribution in [0.4, 0.5) is 18.9 Å². The molecule has 0 saturated heterocycles. The highest BCUT2D eigenvalue weighted by Crippen LogP contribution is 2.29. The molecule has 0 aliphatic carbocycles. The van der Waals surface area contributed by atoms with Gasteiger partial charge in [-0.05, 0) is 54.4 Å². The van der Waals surface area contributed by atoms with E-state index in [9.17, 15) is 26.4 Å². The molecule has 0 aromatic heterocycles. The Bertz CT molecular complexity index is 1260. The average molecular weight is 475 g/mol. The maximum absolute atomic E-state index is 13.2. The zero-order chi connectivity index (χ0) is 24.1. The van der Waals surface area contributed by atoms with E-state index in [-0.39, 0.29) is 16.1 Å². The molecule has 3 aromatic rings. The van der Waals surface area contributed by atoms with Gasteiger partial charge in [0.25, 0.3) is 15.9 Å². The Labute approximate surface area is 189 Å². The third-order valence-electron chi connectivity index (χ3n) is 4.52. The lowest BCUT2D eigenvalue weighted by Crippen LogP contribution is -2.39. The molecule has 0 unspecified atom stereocenters. The molecule has 3 aromatic carbocycles. The van der Waals surface area contributed by atoms with Gasteiger partial charge in [-0.25, -0.2) is 13.8 Å². The van der Waals surface area contributed by atoms with Crippen LogP contribution in [-0.4, -0.2) is 27.1 Å². The molecule has 10 heteroatoms. The van der Waals surface area contributed by atoms with Crippen LogP contribution in [0, 0.1) is 6.92 Å². The van der Waals surface area contributed by atoms with Gasteiger partial charge in [0.15, 0.2) is 0 Å². The number of nitrogens with one attached hydrogen (secondary N) is 1. The predicted molar refractivity (Wildman–Crippen MR) is 119 cm³/mol. The van der Waals surface area contributed by atoms with E-state index >= 15 is 0 Å². The summed E-state index contributed by atoms with van der Waals surface area (Å²) < 4.78 is 65.8. The first-order valence-electron chi connectivity index (χ1n) is 9.71. The van der Waals surface area contributed by atoms with Crippen molar-refractivity contribution in [1.82, 2.24) is 5.43 Å².